The smallest absolute Gasteiger partial charge is 0.422 e. The van der Waals surface area contributed by atoms with Gasteiger partial charge in [0.25, 0.3) is 0 Å². The first-order valence-electron chi connectivity index (χ1n) is 17.4. The summed E-state index contributed by atoms with van der Waals surface area (Å²) in [6.45, 7) is 9.81. The van der Waals surface area contributed by atoms with Crippen LogP contribution >= 0.6 is 0 Å². The van der Waals surface area contributed by atoms with Crippen LogP contribution in [0.2, 0.25) is 0 Å². The molecule has 12 heteroatoms. The summed E-state index contributed by atoms with van der Waals surface area (Å²) >= 11 is 0. The van der Waals surface area contributed by atoms with Crippen LogP contribution in [0.3, 0.4) is 0 Å². The third kappa shape index (κ3) is 8.77. The predicted molar refractivity (Wildman–Crippen MR) is 192 cm³/mol. The highest BCUT2D eigenvalue weighted by Gasteiger charge is 2.32. The van der Waals surface area contributed by atoms with Crippen molar-refractivity contribution >= 4 is 33.2 Å². The molecule has 2 heterocycles. The van der Waals surface area contributed by atoms with E-state index in [2.05, 4.69) is 28.5 Å². The second kappa shape index (κ2) is 15.1. The Bertz CT molecular complexity index is 1770. The van der Waals surface area contributed by atoms with Crippen molar-refractivity contribution in [2.75, 3.05) is 40.3 Å². The quantitative estimate of drug-likeness (QED) is 0.224. The van der Waals surface area contributed by atoms with Crippen LogP contribution in [0.4, 0.5) is 4.79 Å². The van der Waals surface area contributed by atoms with Gasteiger partial charge < -0.3 is 24.0 Å². The number of carbonyl (C=O) groups excluding carboxylic acids is 1. The molecule has 3 aromatic rings. The first-order chi connectivity index (χ1) is 23.1. The standard InChI is InChI=1S/C37H52N4O7S/c1-25-12-10-16-31-32(25)34-33(27-14-8-7-9-15-27)29-18-17-28(35(42)43)22-30(29)41(34)23-26(24-47-31)13-11-19-39(5)20-21-40(6)49(45,46)38-36(44)48-37(2,3)4/h10,12,16-18,22,26-27H,7-9,11,13-15,19-21,23-24H2,1-6H3,(H,38,44)(H,42,43)/t26-/m1/s1. The van der Waals surface area contributed by atoms with Gasteiger partial charge in [-0.15, -0.1) is 0 Å². The number of aromatic nitrogens is 1. The van der Waals surface area contributed by atoms with E-state index in [-0.39, 0.29) is 18.0 Å². The molecule has 0 spiro atoms. The Morgan fingerprint density at radius 2 is 1.80 bits per heavy atom. The van der Waals surface area contributed by atoms with Gasteiger partial charge in [0.15, 0.2) is 0 Å². The number of carboxylic acid groups (broad SMARTS) is 1. The predicted octanol–water partition coefficient (Wildman–Crippen LogP) is 6.78. The number of carbonyl (C=O) groups is 2. The summed E-state index contributed by atoms with van der Waals surface area (Å²) in [6.07, 6.45) is 6.61. The van der Waals surface area contributed by atoms with E-state index in [9.17, 15) is 23.1 Å². The summed E-state index contributed by atoms with van der Waals surface area (Å²) in [5.74, 6) is 0.514. The van der Waals surface area contributed by atoms with E-state index in [0.29, 0.717) is 25.6 Å². The Balaban J connectivity index is 1.33. The molecule has 0 radical (unpaired) electrons. The molecule has 1 amide bonds. The van der Waals surface area contributed by atoms with E-state index < -0.39 is 27.9 Å². The maximum atomic E-state index is 12.6. The average molecular weight is 697 g/mol. The summed E-state index contributed by atoms with van der Waals surface area (Å²) < 4.78 is 42.4. The maximum absolute atomic E-state index is 12.6. The number of aryl methyl sites for hydroxylation is 1. The zero-order valence-corrected chi connectivity index (χ0v) is 30.6. The lowest BCUT2D eigenvalue weighted by Crippen LogP contribution is -2.45. The van der Waals surface area contributed by atoms with Crippen molar-refractivity contribution in [2.24, 2.45) is 5.92 Å². The second-order valence-corrected chi connectivity index (χ2v) is 16.5. The first kappa shape index (κ1) is 36.7. The highest BCUT2D eigenvalue weighted by molar-refractivity contribution is 7.87. The normalized spacial score (nSPS) is 17.3. The Hall–Kier alpha value is -3.61. The number of fused-ring (bicyclic) bond motifs is 5. The molecular weight excluding hydrogens is 644 g/mol. The van der Waals surface area contributed by atoms with E-state index >= 15 is 0 Å². The molecule has 1 saturated carbocycles. The number of likely N-dealkylation sites (N-methyl/N-ethyl adjacent to an activating group) is 2. The summed E-state index contributed by atoms with van der Waals surface area (Å²) in [7, 11) is -0.647. The van der Waals surface area contributed by atoms with Gasteiger partial charge in [-0.25, -0.2) is 14.3 Å². The highest BCUT2D eigenvalue weighted by Crippen LogP contribution is 2.48. The first-order valence-corrected chi connectivity index (χ1v) is 18.9. The van der Waals surface area contributed by atoms with Gasteiger partial charge in [0.1, 0.15) is 11.4 Å². The van der Waals surface area contributed by atoms with Gasteiger partial charge in [-0.2, -0.15) is 12.7 Å². The van der Waals surface area contributed by atoms with Crippen LogP contribution in [0, 0.1) is 12.8 Å². The van der Waals surface area contributed by atoms with E-state index in [4.69, 9.17) is 9.47 Å². The second-order valence-electron chi connectivity index (χ2n) is 14.7. The number of carboxylic acids is 1. The van der Waals surface area contributed by atoms with Gasteiger partial charge >= 0.3 is 22.3 Å². The van der Waals surface area contributed by atoms with E-state index in [0.717, 1.165) is 64.3 Å². The largest absolute Gasteiger partial charge is 0.493 e. The molecule has 0 unspecified atom stereocenters. The molecule has 0 saturated heterocycles. The van der Waals surface area contributed by atoms with Gasteiger partial charge in [-0.3, -0.25) is 0 Å². The van der Waals surface area contributed by atoms with E-state index in [1.54, 1.807) is 26.8 Å². The Labute approximate surface area is 290 Å². The van der Waals surface area contributed by atoms with Crippen molar-refractivity contribution in [3.05, 3.63) is 53.1 Å². The number of ether oxygens (including phenoxy) is 2. The van der Waals surface area contributed by atoms with Crippen molar-refractivity contribution in [1.29, 1.82) is 0 Å². The van der Waals surface area contributed by atoms with Crippen molar-refractivity contribution < 1.29 is 32.6 Å². The monoisotopic (exact) mass is 696 g/mol. The van der Waals surface area contributed by atoms with Crippen molar-refractivity contribution in [1.82, 2.24) is 18.5 Å². The van der Waals surface area contributed by atoms with Crippen LogP contribution in [0.25, 0.3) is 22.2 Å². The van der Waals surface area contributed by atoms with E-state index in [1.165, 1.54) is 37.6 Å². The van der Waals surface area contributed by atoms with Crippen LogP contribution in [0.5, 0.6) is 5.75 Å². The number of hydrogen-bond acceptors (Lipinski definition) is 7. The van der Waals surface area contributed by atoms with Gasteiger partial charge in [0, 0.05) is 49.1 Å². The minimum Gasteiger partial charge on any atom is -0.493 e. The van der Waals surface area contributed by atoms with Gasteiger partial charge in [-0.05, 0) is 102 Å². The fourth-order valence-corrected chi connectivity index (χ4v) is 7.94. The SMILES string of the molecule is Cc1cccc2c1-c1c(C3CCCCC3)c3ccc(C(=O)O)cc3n1C[C@@H](CCCN(C)CCN(C)S(=O)(=O)NC(=O)OC(C)(C)C)CO2. The Morgan fingerprint density at radius 3 is 2.49 bits per heavy atom. The topological polar surface area (TPSA) is 130 Å². The number of aromatic carboxylic acids is 1. The number of rotatable bonds is 11. The van der Waals surface area contributed by atoms with Crippen LogP contribution in [-0.4, -0.2) is 85.3 Å². The third-order valence-corrected chi connectivity index (χ3v) is 11.1. The zero-order valence-electron chi connectivity index (χ0n) is 29.8. The highest BCUT2D eigenvalue weighted by atomic mass is 32.2. The average Bonchev–Trinajstić information content (AvgIpc) is 3.32. The molecule has 1 aliphatic heterocycles. The fraction of sp³-hybridized carbons (Fsp3) is 0.568. The van der Waals surface area contributed by atoms with Gasteiger partial charge in [0.2, 0.25) is 0 Å². The molecule has 1 atom stereocenters. The molecule has 49 heavy (non-hydrogen) atoms. The molecule has 2 N–H and O–H groups in total. The molecular formula is C37H52N4O7S. The Kier molecular flexibility index (Phi) is 11.3. The maximum Gasteiger partial charge on any atom is 0.422 e. The number of nitrogens with one attached hydrogen (secondary N) is 1. The lowest BCUT2D eigenvalue weighted by atomic mass is 9.81. The lowest BCUT2D eigenvalue weighted by Gasteiger charge is -2.29. The molecule has 1 aliphatic carbocycles. The summed E-state index contributed by atoms with van der Waals surface area (Å²) in [5, 5.41) is 11.1. The summed E-state index contributed by atoms with van der Waals surface area (Å²) in [5.41, 5.74) is 5.20. The Morgan fingerprint density at radius 1 is 1.06 bits per heavy atom. The fourth-order valence-electron chi connectivity index (χ4n) is 7.21. The molecule has 268 valence electrons. The van der Waals surface area contributed by atoms with Crippen LogP contribution in [-0.2, 0) is 21.5 Å². The zero-order chi connectivity index (χ0) is 35.5. The number of benzene rings is 2. The molecule has 11 nitrogen and oxygen atoms in total. The summed E-state index contributed by atoms with van der Waals surface area (Å²) in [6, 6.07) is 11.8. The van der Waals surface area contributed by atoms with Crippen molar-refractivity contribution in [3.8, 4) is 17.0 Å². The van der Waals surface area contributed by atoms with Crippen molar-refractivity contribution in [3.63, 3.8) is 0 Å². The van der Waals surface area contributed by atoms with Crippen LogP contribution in [0.15, 0.2) is 36.4 Å². The molecule has 1 fully saturated rings. The van der Waals surface area contributed by atoms with Gasteiger partial charge in [0.05, 0.1) is 17.9 Å². The lowest BCUT2D eigenvalue weighted by molar-refractivity contribution is 0.0566. The minimum absolute atomic E-state index is 0.171. The molecule has 0 bridgehead atoms. The number of nitrogens with zero attached hydrogens (tertiary/aromatic N) is 3. The van der Waals surface area contributed by atoms with Crippen LogP contribution < -0.4 is 9.46 Å². The molecule has 5 rings (SSSR count). The summed E-state index contributed by atoms with van der Waals surface area (Å²) in [4.78, 5) is 26.2. The molecule has 1 aromatic heterocycles. The molecule has 2 aliphatic rings. The van der Waals surface area contributed by atoms with E-state index in [1.807, 2.05) is 30.0 Å². The van der Waals surface area contributed by atoms with Crippen molar-refractivity contribution in [2.45, 2.75) is 90.7 Å². The number of amides is 1. The minimum atomic E-state index is -4.04. The van der Waals surface area contributed by atoms with Crippen LogP contribution in [0.1, 0.15) is 93.1 Å². The third-order valence-electron chi connectivity index (χ3n) is 9.72. The van der Waals surface area contributed by atoms with Gasteiger partial charge in [-0.1, -0.05) is 37.5 Å². The molecule has 2 aromatic carbocycles. The number of hydrogen-bond donors (Lipinski definition) is 2.